The summed E-state index contributed by atoms with van der Waals surface area (Å²) in [4.78, 5) is 15.0. The van der Waals surface area contributed by atoms with Crippen LogP contribution in [0.2, 0.25) is 5.02 Å². The molecule has 1 N–H and O–H groups in total. The number of pyridine rings is 1. The van der Waals surface area contributed by atoms with Crippen LogP contribution in [0.4, 0.5) is 0 Å². The fourth-order valence-electron chi connectivity index (χ4n) is 1.85. The quantitative estimate of drug-likeness (QED) is 0.724. The third-order valence-electron chi connectivity index (χ3n) is 2.74. The predicted molar refractivity (Wildman–Crippen MR) is 71.5 cm³/mol. The average Bonchev–Trinajstić information content (AvgIpc) is 2.86. The van der Waals surface area contributed by atoms with Gasteiger partial charge in [0.1, 0.15) is 11.4 Å². The number of nitrogens with zero attached hydrogens (tertiary/aromatic N) is 1. The number of hydrogen-bond acceptors (Lipinski definition) is 4. The van der Waals surface area contributed by atoms with Crippen LogP contribution in [0, 0.1) is 0 Å². The Balaban J connectivity index is 2.21. The number of hydrogen-bond donors (Lipinski definition) is 1. The van der Waals surface area contributed by atoms with Gasteiger partial charge in [-0.25, -0.2) is 4.98 Å². The molecule has 0 saturated carbocycles. The number of aromatic hydroxyl groups is 1. The van der Waals surface area contributed by atoms with Gasteiger partial charge >= 0.3 is 0 Å². The second-order valence-electron chi connectivity index (χ2n) is 4.01. The fraction of sp³-hybridized carbons (Fsp3) is 0. The lowest BCUT2D eigenvalue weighted by Crippen LogP contribution is -1.85. The van der Waals surface area contributed by atoms with Gasteiger partial charge in [-0.15, -0.1) is 0 Å². The molecule has 0 atom stereocenters. The van der Waals surface area contributed by atoms with Gasteiger partial charge in [0.15, 0.2) is 17.8 Å². The van der Waals surface area contributed by atoms with Crippen molar-refractivity contribution in [2.45, 2.75) is 0 Å². The van der Waals surface area contributed by atoms with E-state index in [0.717, 1.165) is 5.39 Å². The minimum Gasteiger partial charge on any atom is -0.508 e. The number of aldehydes is 1. The maximum atomic E-state index is 10.6. The van der Waals surface area contributed by atoms with Crippen LogP contribution in [-0.4, -0.2) is 16.4 Å². The summed E-state index contributed by atoms with van der Waals surface area (Å²) in [6.45, 7) is 0. The van der Waals surface area contributed by atoms with E-state index < -0.39 is 0 Å². The first-order valence-corrected chi connectivity index (χ1v) is 5.90. The number of carbonyl (C=O) groups excluding carboxylic acids is 1. The molecule has 3 rings (SSSR count). The highest BCUT2D eigenvalue weighted by Crippen LogP contribution is 2.30. The third-order valence-corrected chi connectivity index (χ3v) is 3.05. The number of halogens is 1. The Bertz CT molecular complexity index is 779. The molecule has 0 aliphatic rings. The van der Waals surface area contributed by atoms with Gasteiger partial charge in [0.05, 0.1) is 10.5 Å². The van der Waals surface area contributed by atoms with E-state index in [9.17, 15) is 9.90 Å². The van der Waals surface area contributed by atoms with E-state index in [1.54, 1.807) is 30.3 Å². The Morgan fingerprint density at radius 2 is 2.05 bits per heavy atom. The van der Waals surface area contributed by atoms with Crippen LogP contribution in [0.3, 0.4) is 0 Å². The van der Waals surface area contributed by atoms with Gasteiger partial charge in [0, 0.05) is 11.5 Å². The molecule has 0 aliphatic heterocycles. The second-order valence-corrected chi connectivity index (χ2v) is 4.42. The summed E-state index contributed by atoms with van der Waals surface area (Å²) in [7, 11) is 0. The van der Waals surface area contributed by atoms with E-state index >= 15 is 0 Å². The van der Waals surface area contributed by atoms with Crippen LogP contribution in [0.1, 0.15) is 10.6 Å². The topological polar surface area (TPSA) is 63.3 Å². The van der Waals surface area contributed by atoms with E-state index in [1.807, 2.05) is 0 Å². The smallest absolute Gasteiger partial charge is 0.185 e. The zero-order valence-electron chi connectivity index (χ0n) is 9.63. The number of phenols is 1. The van der Waals surface area contributed by atoms with Gasteiger partial charge in [-0.2, -0.15) is 0 Å². The van der Waals surface area contributed by atoms with Crippen molar-refractivity contribution in [1.29, 1.82) is 0 Å². The van der Waals surface area contributed by atoms with Crippen molar-refractivity contribution in [2.24, 2.45) is 0 Å². The Labute approximate surface area is 113 Å². The van der Waals surface area contributed by atoms with E-state index in [-0.39, 0.29) is 11.5 Å². The molecule has 2 heterocycles. The highest BCUT2D eigenvalue weighted by molar-refractivity contribution is 6.35. The molecule has 0 unspecified atom stereocenters. The van der Waals surface area contributed by atoms with E-state index in [2.05, 4.69) is 4.98 Å². The Hall–Kier alpha value is -2.33. The summed E-state index contributed by atoms with van der Waals surface area (Å²) in [5.41, 5.74) is 1.07. The number of aromatic nitrogens is 1. The normalized spacial score (nSPS) is 10.8. The minimum atomic E-state index is 0.112. The molecule has 2 aromatic heterocycles. The molecular formula is C14H8ClNO3. The first-order valence-electron chi connectivity index (χ1n) is 5.52. The zero-order valence-corrected chi connectivity index (χ0v) is 10.4. The van der Waals surface area contributed by atoms with Crippen molar-refractivity contribution in [3.05, 3.63) is 47.2 Å². The SMILES string of the molecule is O=Cc1ccc(-c2cc(Cl)c3ccc(O)cc3n2)o1. The molecule has 0 fully saturated rings. The Morgan fingerprint density at radius 3 is 2.79 bits per heavy atom. The summed E-state index contributed by atoms with van der Waals surface area (Å²) < 4.78 is 5.30. The number of benzene rings is 1. The lowest BCUT2D eigenvalue weighted by Gasteiger charge is -2.03. The number of fused-ring (bicyclic) bond motifs is 1. The molecule has 3 aromatic rings. The van der Waals surface area contributed by atoms with Crippen molar-refractivity contribution in [3.63, 3.8) is 0 Å². The number of carbonyl (C=O) groups is 1. The van der Waals surface area contributed by atoms with Crippen LogP contribution in [0.25, 0.3) is 22.4 Å². The molecule has 19 heavy (non-hydrogen) atoms. The molecule has 0 radical (unpaired) electrons. The predicted octanol–water partition coefficient (Wildman–Crippen LogP) is 3.67. The van der Waals surface area contributed by atoms with Gasteiger partial charge in [-0.05, 0) is 30.3 Å². The van der Waals surface area contributed by atoms with Gasteiger partial charge in [0.2, 0.25) is 0 Å². The average molecular weight is 274 g/mol. The Kier molecular flexibility index (Phi) is 2.72. The number of phenolic OH excluding ortho intramolecular Hbond substituents is 1. The van der Waals surface area contributed by atoms with Gasteiger partial charge < -0.3 is 9.52 Å². The molecular weight excluding hydrogens is 266 g/mol. The van der Waals surface area contributed by atoms with Gasteiger partial charge in [0.25, 0.3) is 0 Å². The third kappa shape index (κ3) is 2.06. The van der Waals surface area contributed by atoms with Crippen molar-refractivity contribution in [1.82, 2.24) is 4.98 Å². The largest absolute Gasteiger partial charge is 0.508 e. The Morgan fingerprint density at radius 1 is 1.21 bits per heavy atom. The highest BCUT2D eigenvalue weighted by Gasteiger charge is 2.10. The first kappa shape index (κ1) is 11.7. The molecule has 0 amide bonds. The molecule has 94 valence electrons. The fourth-order valence-corrected chi connectivity index (χ4v) is 2.12. The molecule has 0 aliphatic carbocycles. The maximum absolute atomic E-state index is 10.6. The lowest BCUT2D eigenvalue weighted by atomic mass is 10.2. The minimum absolute atomic E-state index is 0.112. The summed E-state index contributed by atoms with van der Waals surface area (Å²) in [5.74, 6) is 0.791. The molecule has 1 aromatic carbocycles. The van der Waals surface area contributed by atoms with Crippen molar-refractivity contribution < 1.29 is 14.3 Å². The lowest BCUT2D eigenvalue weighted by molar-refractivity contribution is 0.110. The van der Waals surface area contributed by atoms with Crippen LogP contribution < -0.4 is 0 Å². The monoisotopic (exact) mass is 273 g/mol. The number of rotatable bonds is 2. The summed E-state index contributed by atoms with van der Waals surface area (Å²) >= 11 is 6.17. The molecule has 5 heteroatoms. The van der Waals surface area contributed by atoms with Crippen molar-refractivity contribution in [2.75, 3.05) is 0 Å². The molecule has 0 saturated heterocycles. The van der Waals surface area contributed by atoms with E-state index in [0.29, 0.717) is 28.3 Å². The van der Waals surface area contributed by atoms with E-state index in [1.165, 1.54) is 6.07 Å². The standard InChI is InChI=1S/C14H8ClNO3/c15-11-6-13(14-4-2-9(7-17)19-14)16-12-5-8(18)1-3-10(11)12/h1-7,18H. The van der Waals surface area contributed by atoms with Gasteiger partial charge in [-0.1, -0.05) is 11.6 Å². The summed E-state index contributed by atoms with van der Waals surface area (Å²) in [6, 6.07) is 9.64. The molecule has 0 spiro atoms. The van der Waals surface area contributed by atoms with E-state index in [4.69, 9.17) is 16.0 Å². The summed E-state index contributed by atoms with van der Waals surface area (Å²) in [5, 5.41) is 10.7. The van der Waals surface area contributed by atoms with Crippen LogP contribution in [0.15, 0.2) is 40.8 Å². The van der Waals surface area contributed by atoms with Crippen molar-refractivity contribution in [3.8, 4) is 17.2 Å². The van der Waals surface area contributed by atoms with Crippen LogP contribution in [-0.2, 0) is 0 Å². The van der Waals surface area contributed by atoms with Crippen LogP contribution >= 0.6 is 11.6 Å². The highest BCUT2D eigenvalue weighted by atomic mass is 35.5. The van der Waals surface area contributed by atoms with Gasteiger partial charge in [-0.3, -0.25) is 4.79 Å². The molecule has 0 bridgehead atoms. The number of furan rings is 1. The maximum Gasteiger partial charge on any atom is 0.185 e. The van der Waals surface area contributed by atoms with Crippen molar-refractivity contribution >= 4 is 28.8 Å². The summed E-state index contributed by atoms with van der Waals surface area (Å²) in [6.07, 6.45) is 0.623. The second kappa shape index (κ2) is 4.40. The zero-order chi connectivity index (χ0) is 13.4. The van der Waals surface area contributed by atoms with Crippen LogP contribution in [0.5, 0.6) is 5.75 Å². The first-order chi connectivity index (χ1) is 9.17. The molecule has 4 nitrogen and oxygen atoms in total.